The first kappa shape index (κ1) is 15.3. The molecule has 1 aromatic rings. The van der Waals surface area contributed by atoms with Crippen molar-refractivity contribution < 1.29 is 14.7 Å². The topological polar surface area (TPSA) is 109 Å². The number of nitrogens with one attached hydrogen (secondary N) is 2. The zero-order valence-corrected chi connectivity index (χ0v) is 12.1. The van der Waals surface area contributed by atoms with Gasteiger partial charge in [0, 0.05) is 13.6 Å². The number of aromatic nitrogens is 3. The Bertz CT molecular complexity index is 494. The highest BCUT2D eigenvalue weighted by Crippen LogP contribution is 2.28. The van der Waals surface area contributed by atoms with Crippen LogP contribution in [0.5, 0.6) is 0 Å². The number of carboxylic acid groups (broad SMARTS) is 1. The summed E-state index contributed by atoms with van der Waals surface area (Å²) in [5, 5.41) is 22.1. The predicted molar refractivity (Wildman–Crippen MR) is 74.3 cm³/mol. The minimum absolute atomic E-state index is 0.217. The van der Waals surface area contributed by atoms with E-state index in [4.69, 9.17) is 5.11 Å². The highest BCUT2D eigenvalue weighted by Gasteiger charge is 2.25. The lowest BCUT2D eigenvalue weighted by atomic mass is 9.82. The third-order valence-electron chi connectivity index (χ3n) is 3.96. The molecule has 0 unspecified atom stereocenters. The quantitative estimate of drug-likeness (QED) is 0.733. The minimum atomic E-state index is -0.706. The van der Waals surface area contributed by atoms with Gasteiger partial charge in [-0.2, -0.15) is 0 Å². The summed E-state index contributed by atoms with van der Waals surface area (Å²) in [6.45, 7) is 0.908. The lowest BCUT2D eigenvalue weighted by Gasteiger charge is -2.26. The summed E-state index contributed by atoms with van der Waals surface area (Å²) >= 11 is 0. The molecule has 0 atom stereocenters. The molecule has 1 aliphatic rings. The first-order valence-corrected chi connectivity index (χ1v) is 7.13. The third kappa shape index (κ3) is 4.44. The van der Waals surface area contributed by atoms with Crippen molar-refractivity contribution in [3.63, 3.8) is 0 Å². The Morgan fingerprint density at radius 2 is 2.05 bits per heavy atom. The zero-order chi connectivity index (χ0) is 15.2. The van der Waals surface area contributed by atoms with Crippen molar-refractivity contribution in [2.75, 3.05) is 6.54 Å². The lowest BCUT2D eigenvalue weighted by molar-refractivity contribution is -0.143. The number of hydrogen-bond acceptors (Lipinski definition) is 4. The molecule has 2 rings (SSSR count). The summed E-state index contributed by atoms with van der Waals surface area (Å²) in [4.78, 5) is 22.6. The van der Waals surface area contributed by atoms with Crippen LogP contribution in [0.1, 0.15) is 31.5 Å². The van der Waals surface area contributed by atoms with Crippen LogP contribution >= 0.6 is 0 Å². The van der Waals surface area contributed by atoms with Crippen molar-refractivity contribution in [1.82, 2.24) is 25.4 Å². The first-order chi connectivity index (χ1) is 10.1. The highest BCUT2D eigenvalue weighted by molar-refractivity contribution is 5.73. The monoisotopic (exact) mass is 295 g/mol. The smallest absolute Gasteiger partial charge is 0.315 e. The number of carboxylic acids is 1. The van der Waals surface area contributed by atoms with Gasteiger partial charge in [0.15, 0.2) is 5.82 Å². The van der Waals surface area contributed by atoms with Crippen LogP contribution in [-0.4, -0.2) is 38.4 Å². The number of nitrogens with zero attached hydrogens (tertiary/aromatic N) is 3. The van der Waals surface area contributed by atoms with Gasteiger partial charge in [-0.3, -0.25) is 4.79 Å². The number of carbonyl (C=O) groups is 2. The van der Waals surface area contributed by atoms with E-state index in [-0.39, 0.29) is 11.9 Å². The van der Waals surface area contributed by atoms with Gasteiger partial charge in [0.2, 0.25) is 0 Å². The van der Waals surface area contributed by atoms with Crippen LogP contribution in [0.3, 0.4) is 0 Å². The number of rotatable bonds is 5. The average molecular weight is 295 g/mol. The van der Waals surface area contributed by atoms with Gasteiger partial charge in [-0.1, -0.05) is 0 Å². The van der Waals surface area contributed by atoms with Gasteiger partial charge in [-0.05, 0) is 31.6 Å². The van der Waals surface area contributed by atoms with Crippen LogP contribution in [0.4, 0.5) is 4.79 Å². The molecule has 1 fully saturated rings. The SMILES string of the molecule is Cn1cnnc1CNC(=O)NCC1CCC(C(=O)O)CC1. The van der Waals surface area contributed by atoms with E-state index < -0.39 is 5.97 Å². The van der Waals surface area contributed by atoms with E-state index in [1.807, 2.05) is 7.05 Å². The van der Waals surface area contributed by atoms with Crippen molar-refractivity contribution in [2.24, 2.45) is 18.9 Å². The van der Waals surface area contributed by atoms with E-state index in [9.17, 15) is 9.59 Å². The maximum absolute atomic E-state index is 11.7. The molecule has 21 heavy (non-hydrogen) atoms. The van der Waals surface area contributed by atoms with E-state index >= 15 is 0 Å². The molecule has 3 N–H and O–H groups in total. The molecule has 1 aliphatic carbocycles. The van der Waals surface area contributed by atoms with E-state index in [1.54, 1.807) is 10.9 Å². The van der Waals surface area contributed by atoms with Crippen molar-refractivity contribution in [3.05, 3.63) is 12.2 Å². The molecule has 0 saturated heterocycles. The average Bonchev–Trinajstić information content (AvgIpc) is 2.88. The second-order valence-electron chi connectivity index (χ2n) is 5.48. The fourth-order valence-electron chi connectivity index (χ4n) is 2.54. The number of carbonyl (C=O) groups excluding carboxylic acids is 1. The molecular formula is C13H21N5O3. The van der Waals surface area contributed by atoms with Crippen molar-refractivity contribution in [3.8, 4) is 0 Å². The van der Waals surface area contributed by atoms with Crippen LogP contribution in [0.2, 0.25) is 0 Å². The molecule has 8 nitrogen and oxygen atoms in total. The van der Waals surface area contributed by atoms with Crippen LogP contribution in [-0.2, 0) is 18.4 Å². The number of urea groups is 1. The minimum Gasteiger partial charge on any atom is -0.481 e. The molecule has 8 heteroatoms. The summed E-state index contributed by atoms with van der Waals surface area (Å²) in [6.07, 6.45) is 4.67. The molecule has 2 amide bonds. The molecule has 0 aliphatic heterocycles. The molecule has 0 aromatic carbocycles. The van der Waals surface area contributed by atoms with E-state index in [2.05, 4.69) is 20.8 Å². The number of amides is 2. The summed E-state index contributed by atoms with van der Waals surface area (Å²) in [7, 11) is 1.82. The fourth-order valence-corrected chi connectivity index (χ4v) is 2.54. The zero-order valence-electron chi connectivity index (χ0n) is 12.1. The number of aliphatic carboxylic acids is 1. The van der Waals surface area contributed by atoms with Gasteiger partial charge in [0.1, 0.15) is 6.33 Å². The molecule has 1 saturated carbocycles. The number of hydrogen-bond donors (Lipinski definition) is 3. The van der Waals surface area contributed by atoms with Crippen LogP contribution in [0.15, 0.2) is 6.33 Å². The Kier molecular flexibility index (Phi) is 5.13. The summed E-state index contributed by atoms with van der Waals surface area (Å²) in [5.74, 6) is 0.127. The Labute approximate surface area is 122 Å². The van der Waals surface area contributed by atoms with E-state index in [0.717, 1.165) is 12.8 Å². The molecule has 0 radical (unpaired) electrons. The Morgan fingerprint density at radius 1 is 1.33 bits per heavy atom. The Hall–Kier alpha value is -2.12. The molecule has 1 aromatic heterocycles. The maximum Gasteiger partial charge on any atom is 0.315 e. The lowest BCUT2D eigenvalue weighted by Crippen LogP contribution is -2.39. The van der Waals surface area contributed by atoms with Gasteiger partial charge in [-0.15, -0.1) is 10.2 Å². The molecule has 0 bridgehead atoms. The van der Waals surface area contributed by atoms with Crippen molar-refractivity contribution in [2.45, 2.75) is 32.2 Å². The van der Waals surface area contributed by atoms with Crippen LogP contribution < -0.4 is 10.6 Å². The van der Waals surface area contributed by atoms with Crippen molar-refractivity contribution in [1.29, 1.82) is 0 Å². The van der Waals surface area contributed by atoms with Crippen LogP contribution in [0, 0.1) is 11.8 Å². The Morgan fingerprint density at radius 3 is 2.62 bits per heavy atom. The van der Waals surface area contributed by atoms with Gasteiger partial charge >= 0.3 is 12.0 Å². The summed E-state index contributed by atoms with van der Waals surface area (Å²) in [5.41, 5.74) is 0. The summed E-state index contributed by atoms with van der Waals surface area (Å²) in [6, 6.07) is -0.238. The van der Waals surface area contributed by atoms with Gasteiger partial charge in [0.25, 0.3) is 0 Å². The molecular weight excluding hydrogens is 274 g/mol. The molecule has 1 heterocycles. The standard InChI is InChI=1S/C13H21N5O3/c1-18-8-16-17-11(18)7-15-13(21)14-6-9-2-4-10(5-3-9)12(19)20/h8-10H,2-7H2,1H3,(H,19,20)(H2,14,15,21). The third-order valence-corrected chi connectivity index (χ3v) is 3.96. The normalized spacial score (nSPS) is 21.8. The van der Waals surface area contributed by atoms with Gasteiger partial charge in [-0.25, -0.2) is 4.79 Å². The van der Waals surface area contributed by atoms with E-state index in [0.29, 0.717) is 37.7 Å². The van der Waals surface area contributed by atoms with Gasteiger partial charge in [0.05, 0.1) is 12.5 Å². The first-order valence-electron chi connectivity index (χ1n) is 7.13. The van der Waals surface area contributed by atoms with Gasteiger partial charge < -0.3 is 20.3 Å². The van der Waals surface area contributed by atoms with Crippen LogP contribution in [0.25, 0.3) is 0 Å². The highest BCUT2D eigenvalue weighted by atomic mass is 16.4. The second-order valence-corrected chi connectivity index (χ2v) is 5.48. The van der Waals surface area contributed by atoms with Crippen molar-refractivity contribution >= 4 is 12.0 Å². The fraction of sp³-hybridized carbons (Fsp3) is 0.692. The van der Waals surface area contributed by atoms with E-state index in [1.165, 1.54) is 0 Å². The second kappa shape index (κ2) is 7.05. The summed E-state index contributed by atoms with van der Waals surface area (Å²) < 4.78 is 1.74. The largest absolute Gasteiger partial charge is 0.481 e. The predicted octanol–water partition coefficient (Wildman–Crippen LogP) is 0.505. The Balaban J connectivity index is 1.63. The molecule has 0 spiro atoms. The number of aryl methyl sites for hydroxylation is 1. The maximum atomic E-state index is 11.7. The molecule has 116 valence electrons.